The molecule has 2 aliphatic rings. The van der Waals surface area contributed by atoms with Crippen LogP contribution in [0.15, 0.2) is 48.5 Å². The van der Waals surface area contributed by atoms with Crippen molar-refractivity contribution in [2.75, 3.05) is 37.7 Å². The Hall–Kier alpha value is -2.38. The van der Waals surface area contributed by atoms with Crippen molar-refractivity contribution in [3.05, 3.63) is 59.7 Å². The number of hydrogen-bond acceptors (Lipinski definition) is 4. The lowest BCUT2D eigenvalue weighted by molar-refractivity contribution is -0.124. The van der Waals surface area contributed by atoms with Gasteiger partial charge in [-0.15, -0.1) is 0 Å². The van der Waals surface area contributed by atoms with Gasteiger partial charge in [0.15, 0.2) is 0 Å². The fourth-order valence-corrected chi connectivity index (χ4v) is 4.92. The van der Waals surface area contributed by atoms with Gasteiger partial charge in [0.1, 0.15) is 16.7 Å². The standard InChI is InChI=1S/C24H31N3O3S/c1-30-22-11-10-19(16-20(22)26-31(2)29)24(12-13-24)23(28)25-21(17-27-14-6-7-15-27)18-8-4-3-5-9-18/h3-5,8-11,16,21,26H,6-7,12-15,17H2,1-2H3,(H,25,28). The molecule has 2 aromatic carbocycles. The number of rotatable bonds is 9. The highest BCUT2D eigenvalue weighted by Crippen LogP contribution is 2.50. The molecule has 7 heteroatoms. The first-order chi connectivity index (χ1) is 15.0. The predicted molar refractivity (Wildman–Crippen MR) is 125 cm³/mol. The topological polar surface area (TPSA) is 70.7 Å². The SMILES string of the molecule is COc1ccc(C2(C(=O)NC(CN3CCCC3)c3ccccc3)CC2)cc1NS(C)=O. The summed E-state index contributed by atoms with van der Waals surface area (Å²) in [7, 11) is 0.358. The highest BCUT2D eigenvalue weighted by Gasteiger charge is 2.52. The molecule has 31 heavy (non-hydrogen) atoms. The van der Waals surface area contributed by atoms with Crippen LogP contribution in [0.2, 0.25) is 0 Å². The summed E-state index contributed by atoms with van der Waals surface area (Å²) in [5.74, 6) is 0.681. The van der Waals surface area contributed by atoms with Crippen molar-refractivity contribution in [1.82, 2.24) is 10.2 Å². The smallest absolute Gasteiger partial charge is 0.231 e. The number of nitrogens with one attached hydrogen (secondary N) is 2. The van der Waals surface area contributed by atoms with Crippen LogP contribution in [0.5, 0.6) is 5.75 Å². The third-order valence-electron chi connectivity index (χ3n) is 6.34. The summed E-state index contributed by atoms with van der Waals surface area (Å²) in [6.45, 7) is 3.01. The van der Waals surface area contributed by atoms with Crippen LogP contribution in [-0.2, 0) is 21.2 Å². The molecule has 0 bridgehead atoms. The van der Waals surface area contributed by atoms with Crippen LogP contribution in [0.3, 0.4) is 0 Å². The molecule has 1 aliphatic heterocycles. The Balaban J connectivity index is 1.56. The summed E-state index contributed by atoms with van der Waals surface area (Å²) in [5.41, 5.74) is 2.19. The average molecular weight is 442 g/mol. The molecule has 1 saturated carbocycles. The minimum absolute atomic E-state index is 0.0386. The Kier molecular flexibility index (Phi) is 6.62. The van der Waals surface area contributed by atoms with Crippen molar-refractivity contribution in [2.45, 2.75) is 37.1 Å². The van der Waals surface area contributed by atoms with Gasteiger partial charge < -0.3 is 19.7 Å². The molecule has 1 saturated heterocycles. The van der Waals surface area contributed by atoms with Gasteiger partial charge in [-0.1, -0.05) is 36.4 Å². The zero-order valence-electron chi connectivity index (χ0n) is 18.2. The molecule has 1 aliphatic carbocycles. The van der Waals surface area contributed by atoms with Crippen LogP contribution in [0, 0.1) is 0 Å². The van der Waals surface area contributed by atoms with E-state index in [0.29, 0.717) is 11.4 Å². The van der Waals surface area contributed by atoms with E-state index < -0.39 is 16.4 Å². The molecule has 6 nitrogen and oxygen atoms in total. The van der Waals surface area contributed by atoms with Gasteiger partial charge in [-0.05, 0) is 62.0 Å². The summed E-state index contributed by atoms with van der Waals surface area (Å²) < 4.78 is 20.0. The molecule has 166 valence electrons. The molecule has 2 atom stereocenters. The van der Waals surface area contributed by atoms with Crippen LogP contribution < -0.4 is 14.8 Å². The van der Waals surface area contributed by atoms with E-state index in [0.717, 1.165) is 43.6 Å². The third kappa shape index (κ3) is 4.93. The molecule has 0 radical (unpaired) electrons. The van der Waals surface area contributed by atoms with Crippen molar-refractivity contribution in [3.63, 3.8) is 0 Å². The van der Waals surface area contributed by atoms with E-state index in [-0.39, 0.29) is 11.9 Å². The van der Waals surface area contributed by atoms with Crippen molar-refractivity contribution >= 4 is 22.6 Å². The fourth-order valence-electron chi connectivity index (χ4n) is 4.45. The molecule has 2 N–H and O–H groups in total. The van der Waals surface area contributed by atoms with Gasteiger partial charge in [0.25, 0.3) is 0 Å². The molecule has 2 unspecified atom stereocenters. The van der Waals surface area contributed by atoms with Crippen molar-refractivity contribution in [2.24, 2.45) is 0 Å². The second-order valence-electron chi connectivity index (χ2n) is 8.50. The molecular formula is C24H31N3O3S. The first-order valence-corrected chi connectivity index (χ1v) is 12.4. The van der Waals surface area contributed by atoms with Crippen LogP contribution in [-0.4, -0.2) is 48.0 Å². The van der Waals surface area contributed by atoms with E-state index in [4.69, 9.17) is 4.74 Å². The molecule has 2 aromatic rings. The normalized spacial score (nSPS) is 19.4. The van der Waals surface area contributed by atoms with E-state index in [1.807, 2.05) is 36.4 Å². The zero-order valence-corrected chi connectivity index (χ0v) is 19.0. The first-order valence-electron chi connectivity index (χ1n) is 10.9. The van der Waals surface area contributed by atoms with Crippen molar-refractivity contribution in [1.29, 1.82) is 0 Å². The lowest BCUT2D eigenvalue weighted by Gasteiger charge is -2.27. The summed E-state index contributed by atoms with van der Waals surface area (Å²) in [4.78, 5) is 16.0. The van der Waals surface area contributed by atoms with Crippen molar-refractivity contribution < 1.29 is 13.7 Å². The maximum Gasteiger partial charge on any atom is 0.231 e. The highest BCUT2D eigenvalue weighted by molar-refractivity contribution is 7.85. The van der Waals surface area contributed by atoms with Gasteiger partial charge in [0, 0.05) is 12.8 Å². The number of nitrogens with zero attached hydrogens (tertiary/aromatic N) is 1. The van der Waals surface area contributed by atoms with E-state index in [2.05, 4.69) is 27.1 Å². The van der Waals surface area contributed by atoms with Crippen LogP contribution in [0.25, 0.3) is 0 Å². The van der Waals surface area contributed by atoms with Gasteiger partial charge >= 0.3 is 0 Å². The van der Waals surface area contributed by atoms with E-state index in [1.165, 1.54) is 12.8 Å². The quantitative estimate of drug-likeness (QED) is 0.626. The number of amides is 1. The van der Waals surface area contributed by atoms with Crippen LogP contribution in [0.4, 0.5) is 5.69 Å². The monoisotopic (exact) mass is 441 g/mol. The molecule has 1 heterocycles. The lowest BCUT2D eigenvalue weighted by Crippen LogP contribution is -2.41. The maximum atomic E-state index is 13.5. The van der Waals surface area contributed by atoms with Gasteiger partial charge in [0.05, 0.1) is 24.3 Å². The number of carbonyl (C=O) groups is 1. The van der Waals surface area contributed by atoms with Gasteiger partial charge in [0.2, 0.25) is 5.91 Å². The Morgan fingerprint density at radius 3 is 2.48 bits per heavy atom. The van der Waals surface area contributed by atoms with Gasteiger partial charge in [-0.3, -0.25) is 4.79 Å². The van der Waals surface area contributed by atoms with Crippen LogP contribution >= 0.6 is 0 Å². The largest absolute Gasteiger partial charge is 0.495 e. The van der Waals surface area contributed by atoms with Crippen LogP contribution in [0.1, 0.15) is 42.9 Å². The average Bonchev–Trinajstić information content (AvgIpc) is 3.43. The van der Waals surface area contributed by atoms with Gasteiger partial charge in [-0.25, -0.2) is 4.21 Å². The third-order valence-corrected chi connectivity index (χ3v) is 6.84. The van der Waals surface area contributed by atoms with E-state index >= 15 is 0 Å². The summed E-state index contributed by atoms with van der Waals surface area (Å²) >= 11 is 0. The minimum atomic E-state index is -1.23. The number of methoxy groups -OCH3 is 1. The van der Waals surface area contributed by atoms with Gasteiger partial charge in [-0.2, -0.15) is 0 Å². The molecular weight excluding hydrogens is 410 g/mol. The van der Waals surface area contributed by atoms with E-state index in [9.17, 15) is 9.00 Å². The second-order valence-corrected chi connectivity index (χ2v) is 9.61. The molecule has 0 spiro atoms. The Bertz CT molecular complexity index is 940. The molecule has 1 amide bonds. The fraction of sp³-hybridized carbons (Fsp3) is 0.458. The maximum absolute atomic E-state index is 13.5. The summed E-state index contributed by atoms with van der Waals surface area (Å²) in [6.07, 6.45) is 5.64. The number of ether oxygens (including phenoxy) is 1. The molecule has 0 aromatic heterocycles. The van der Waals surface area contributed by atoms with Crippen molar-refractivity contribution in [3.8, 4) is 5.75 Å². The predicted octanol–water partition coefficient (Wildman–Crippen LogP) is 3.39. The number of hydrogen-bond donors (Lipinski definition) is 2. The second kappa shape index (κ2) is 9.40. The Morgan fingerprint density at radius 1 is 1.16 bits per heavy atom. The number of anilines is 1. The Morgan fingerprint density at radius 2 is 1.87 bits per heavy atom. The Labute approximate surface area is 187 Å². The van der Waals surface area contributed by atoms with E-state index in [1.54, 1.807) is 13.4 Å². The molecule has 2 fully saturated rings. The first kappa shape index (κ1) is 21.8. The lowest BCUT2D eigenvalue weighted by atomic mass is 9.93. The summed E-state index contributed by atoms with van der Waals surface area (Å²) in [5, 5.41) is 3.36. The highest BCUT2D eigenvalue weighted by atomic mass is 32.2. The number of benzene rings is 2. The zero-order chi connectivity index (χ0) is 21.8. The molecule has 4 rings (SSSR count). The number of likely N-dealkylation sites (tertiary alicyclic amines) is 1. The minimum Gasteiger partial charge on any atom is -0.495 e. The summed E-state index contributed by atoms with van der Waals surface area (Å²) in [6, 6.07) is 15.9. The number of carbonyl (C=O) groups excluding carboxylic acids is 1.